The Morgan fingerprint density at radius 2 is 1.76 bits per heavy atom. The Labute approximate surface area is 174 Å². The lowest BCUT2D eigenvalue weighted by Gasteiger charge is -2.10. The third-order valence-corrected chi connectivity index (χ3v) is 4.39. The Hall–Kier alpha value is -3.31. The molecule has 0 saturated heterocycles. The molecule has 0 aliphatic heterocycles. The minimum Gasteiger partial charge on any atom is -0.489 e. The van der Waals surface area contributed by atoms with Crippen LogP contribution in [0, 0.1) is 0 Å². The Bertz CT molecular complexity index is 1000. The summed E-state index contributed by atoms with van der Waals surface area (Å²) in [5, 5.41) is 3.02. The molecule has 0 aliphatic carbocycles. The van der Waals surface area contributed by atoms with Gasteiger partial charge in [0.25, 0.3) is 5.91 Å². The minimum atomic E-state index is -0.537. The first kappa shape index (κ1) is 20.4. The van der Waals surface area contributed by atoms with Gasteiger partial charge in [-0.05, 0) is 48.9 Å². The zero-order chi connectivity index (χ0) is 20.6. The van der Waals surface area contributed by atoms with Crippen molar-refractivity contribution in [1.29, 1.82) is 0 Å². The van der Waals surface area contributed by atoms with Crippen molar-refractivity contribution in [2.24, 2.45) is 0 Å². The molecule has 5 nitrogen and oxygen atoms in total. The van der Waals surface area contributed by atoms with Gasteiger partial charge in [-0.25, -0.2) is 4.79 Å². The van der Waals surface area contributed by atoms with E-state index in [1.807, 2.05) is 30.3 Å². The van der Waals surface area contributed by atoms with E-state index in [1.165, 1.54) is 6.07 Å². The fraction of sp³-hybridized carbons (Fsp3) is 0.130. The molecule has 0 atom stereocenters. The number of anilines is 1. The van der Waals surface area contributed by atoms with Crippen LogP contribution in [0.15, 0.2) is 72.8 Å². The zero-order valence-electron chi connectivity index (χ0n) is 15.9. The van der Waals surface area contributed by atoms with Gasteiger partial charge in [0.05, 0.1) is 17.2 Å². The maximum atomic E-state index is 12.6. The van der Waals surface area contributed by atoms with Crippen molar-refractivity contribution in [3.05, 3.63) is 94.5 Å². The molecular weight excluding hydrogens is 390 g/mol. The molecule has 6 heteroatoms. The van der Waals surface area contributed by atoms with E-state index in [2.05, 4.69) is 5.32 Å². The van der Waals surface area contributed by atoms with Crippen molar-refractivity contribution in [2.45, 2.75) is 13.5 Å². The molecule has 148 valence electrons. The van der Waals surface area contributed by atoms with E-state index in [1.54, 1.807) is 43.3 Å². The summed E-state index contributed by atoms with van der Waals surface area (Å²) in [5.41, 5.74) is 2.11. The van der Waals surface area contributed by atoms with Crippen molar-refractivity contribution in [2.75, 3.05) is 11.9 Å². The first-order chi connectivity index (χ1) is 14.1. The molecule has 3 aromatic rings. The second kappa shape index (κ2) is 9.75. The van der Waals surface area contributed by atoms with Crippen molar-refractivity contribution in [1.82, 2.24) is 0 Å². The molecule has 3 rings (SSSR count). The predicted octanol–water partition coefficient (Wildman–Crippen LogP) is 5.35. The number of hydrogen-bond acceptors (Lipinski definition) is 4. The van der Waals surface area contributed by atoms with Gasteiger partial charge in [-0.1, -0.05) is 48.0 Å². The van der Waals surface area contributed by atoms with E-state index in [4.69, 9.17) is 21.1 Å². The topological polar surface area (TPSA) is 64.6 Å². The molecule has 0 spiro atoms. The van der Waals surface area contributed by atoms with Crippen LogP contribution in [0.4, 0.5) is 5.69 Å². The normalized spacial score (nSPS) is 10.3. The lowest BCUT2D eigenvalue weighted by molar-refractivity contribution is 0.0526. The molecule has 0 aliphatic rings. The molecular formula is C23H20ClNO4. The average molecular weight is 410 g/mol. The number of rotatable bonds is 7. The highest BCUT2D eigenvalue weighted by Gasteiger charge is 2.14. The van der Waals surface area contributed by atoms with Gasteiger partial charge < -0.3 is 14.8 Å². The SMILES string of the molecule is CCOC(=O)c1cc(NC(=O)c2cccc(OCc3ccccc3)c2)ccc1Cl. The Morgan fingerprint density at radius 3 is 2.52 bits per heavy atom. The standard InChI is InChI=1S/C23H20ClNO4/c1-2-28-23(27)20-14-18(11-12-21(20)24)25-22(26)17-9-6-10-19(13-17)29-15-16-7-4-3-5-8-16/h3-14H,2,15H2,1H3,(H,25,26). The highest BCUT2D eigenvalue weighted by Crippen LogP contribution is 2.23. The average Bonchev–Trinajstić information content (AvgIpc) is 2.74. The molecule has 0 heterocycles. The summed E-state index contributed by atoms with van der Waals surface area (Å²) in [5.74, 6) is -0.276. The number of ether oxygens (including phenoxy) is 2. The van der Waals surface area contributed by atoms with Crippen LogP contribution in [0.25, 0.3) is 0 Å². The second-order valence-corrected chi connectivity index (χ2v) is 6.58. The van der Waals surface area contributed by atoms with Gasteiger partial charge in [0, 0.05) is 11.3 Å². The summed E-state index contributed by atoms with van der Waals surface area (Å²) in [7, 11) is 0. The number of carbonyl (C=O) groups excluding carboxylic acids is 2. The first-order valence-electron chi connectivity index (χ1n) is 9.11. The molecule has 3 aromatic carbocycles. The molecule has 0 saturated carbocycles. The van der Waals surface area contributed by atoms with Gasteiger partial charge in [0.1, 0.15) is 12.4 Å². The summed E-state index contributed by atoms with van der Waals surface area (Å²) in [6.45, 7) is 2.36. The fourth-order valence-corrected chi connectivity index (χ4v) is 2.83. The van der Waals surface area contributed by atoms with Crippen molar-refractivity contribution in [3.8, 4) is 5.75 Å². The van der Waals surface area contributed by atoms with Gasteiger partial charge >= 0.3 is 5.97 Å². The third-order valence-electron chi connectivity index (χ3n) is 4.06. The first-order valence-corrected chi connectivity index (χ1v) is 9.49. The lowest BCUT2D eigenvalue weighted by Crippen LogP contribution is -2.13. The smallest absolute Gasteiger partial charge is 0.339 e. The monoisotopic (exact) mass is 409 g/mol. The van der Waals surface area contributed by atoms with E-state index in [0.29, 0.717) is 23.6 Å². The predicted molar refractivity (Wildman–Crippen MR) is 113 cm³/mol. The number of nitrogens with one attached hydrogen (secondary N) is 1. The number of carbonyl (C=O) groups is 2. The Kier molecular flexibility index (Phi) is 6.87. The molecule has 1 amide bonds. The number of amides is 1. The Morgan fingerprint density at radius 1 is 0.966 bits per heavy atom. The van der Waals surface area contributed by atoms with E-state index in [-0.39, 0.29) is 23.1 Å². The van der Waals surface area contributed by atoms with Crippen LogP contribution in [0.1, 0.15) is 33.2 Å². The van der Waals surface area contributed by atoms with Crippen molar-refractivity contribution < 1.29 is 19.1 Å². The highest BCUT2D eigenvalue weighted by molar-refractivity contribution is 6.33. The quantitative estimate of drug-likeness (QED) is 0.534. The maximum absolute atomic E-state index is 12.6. The third kappa shape index (κ3) is 5.59. The van der Waals surface area contributed by atoms with Crippen LogP contribution in [0.5, 0.6) is 5.75 Å². The molecule has 0 aromatic heterocycles. The van der Waals surface area contributed by atoms with E-state index < -0.39 is 5.97 Å². The highest BCUT2D eigenvalue weighted by atomic mass is 35.5. The van der Waals surface area contributed by atoms with E-state index >= 15 is 0 Å². The summed E-state index contributed by atoms with van der Waals surface area (Å²) < 4.78 is 10.7. The van der Waals surface area contributed by atoms with Crippen LogP contribution in [0.3, 0.4) is 0 Å². The van der Waals surface area contributed by atoms with Gasteiger partial charge in [-0.3, -0.25) is 4.79 Å². The van der Waals surface area contributed by atoms with Crippen LogP contribution in [-0.2, 0) is 11.3 Å². The van der Waals surface area contributed by atoms with Crippen molar-refractivity contribution >= 4 is 29.2 Å². The van der Waals surface area contributed by atoms with Crippen LogP contribution in [0.2, 0.25) is 5.02 Å². The van der Waals surface area contributed by atoms with Crippen LogP contribution >= 0.6 is 11.6 Å². The van der Waals surface area contributed by atoms with Crippen LogP contribution < -0.4 is 10.1 Å². The molecule has 29 heavy (non-hydrogen) atoms. The number of benzene rings is 3. The molecule has 0 bridgehead atoms. The van der Waals surface area contributed by atoms with Gasteiger partial charge in [-0.15, -0.1) is 0 Å². The molecule has 0 unspecified atom stereocenters. The van der Waals surface area contributed by atoms with Crippen LogP contribution in [-0.4, -0.2) is 18.5 Å². The fourth-order valence-electron chi connectivity index (χ4n) is 2.64. The van der Waals surface area contributed by atoms with E-state index in [0.717, 1.165) is 5.56 Å². The summed E-state index contributed by atoms with van der Waals surface area (Å²) in [4.78, 5) is 24.6. The summed E-state index contributed by atoms with van der Waals surface area (Å²) >= 11 is 6.06. The van der Waals surface area contributed by atoms with Gasteiger partial charge in [0.2, 0.25) is 0 Å². The lowest BCUT2D eigenvalue weighted by atomic mass is 10.1. The zero-order valence-corrected chi connectivity index (χ0v) is 16.6. The molecule has 0 radical (unpaired) electrons. The second-order valence-electron chi connectivity index (χ2n) is 6.17. The summed E-state index contributed by atoms with van der Waals surface area (Å²) in [6, 6.07) is 21.3. The maximum Gasteiger partial charge on any atom is 0.339 e. The number of hydrogen-bond donors (Lipinski definition) is 1. The Balaban J connectivity index is 1.69. The number of halogens is 1. The van der Waals surface area contributed by atoms with Crippen molar-refractivity contribution in [3.63, 3.8) is 0 Å². The summed E-state index contributed by atoms with van der Waals surface area (Å²) in [6.07, 6.45) is 0. The molecule has 1 N–H and O–H groups in total. The number of esters is 1. The van der Waals surface area contributed by atoms with Gasteiger partial charge in [-0.2, -0.15) is 0 Å². The molecule has 0 fully saturated rings. The van der Waals surface area contributed by atoms with E-state index in [9.17, 15) is 9.59 Å². The largest absolute Gasteiger partial charge is 0.489 e. The van der Waals surface area contributed by atoms with Gasteiger partial charge in [0.15, 0.2) is 0 Å². The minimum absolute atomic E-state index is 0.200.